The Morgan fingerprint density at radius 2 is 1.83 bits per heavy atom. The van der Waals surface area contributed by atoms with Gasteiger partial charge in [0.05, 0.1) is 10.5 Å². The normalized spacial score (nSPS) is 11.1. The van der Waals surface area contributed by atoms with Gasteiger partial charge in [-0.05, 0) is 67.8 Å². The van der Waals surface area contributed by atoms with Crippen LogP contribution in [0.1, 0.15) is 34.2 Å². The number of halogens is 1. The minimum Gasteiger partial charge on any atom is -0.506 e. The number of aromatic nitrogens is 2. The standard InChI is InChI=1S/C23H20ClN3O3/c1-11-12(2)22(29)20(24)13(3)21(11)27-23-16-9-15(5-6-17(16)25-10-26-23)19-8-7-18(30-19)14(4)28/h5-10,29H,1-4H3,(H,25,26,27). The number of benzene rings is 2. The number of furan rings is 1. The number of anilines is 2. The Hall–Kier alpha value is -3.38. The summed E-state index contributed by atoms with van der Waals surface area (Å²) < 4.78 is 5.67. The molecule has 0 radical (unpaired) electrons. The lowest BCUT2D eigenvalue weighted by atomic mass is 10.0. The highest BCUT2D eigenvalue weighted by Crippen LogP contribution is 2.40. The van der Waals surface area contributed by atoms with Gasteiger partial charge < -0.3 is 14.8 Å². The zero-order valence-electron chi connectivity index (χ0n) is 17.0. The van der Waals surface area contributed by atoms with E-state index in [1.807, 2.05) is 39.0 Å². The molecule has 0 amide bonds. The lowest BCUT2D eigenvalue weighted by molar-refractivity contribution is 0.0988. The summed E-state index contributed by atoms with van der Waals surface area (Å²) >= 11 is 6.31. The van der Waals surface area contributed by atoms with Crippen LogP contribution >= 0.6 is 11.6 Å². The summed E-state index contributed by atoms with van der Waals surface area (Å²) in [6.45, 7) is 7.05. The third-order valence-corrected chi connectivity index (χ3v) is 5.78. The van der Waals surface area contributed by atoms with Gasteiger partial charge in [-0.15, -0.1) is 0 Å². The van der Waals surface area contributed by atoms with Crippen LogP contribution in [-0.2, 0) is 0 Å². The molecule has 152 valence electrons. The number of Topliss-reactive ketones (excluding diaryl/α,β-unsaturated/α-hetero) is 1. The highest BCUT2D eigenvalue weighted by Gasteiger charge is 2.17. The minimum absolute atomic E-state index is 0.0890. The van der Waals surface area contributed by atoms with E-state index in [2.05, 4.69) is 15.3 Å². The summed E-state index contributed by atoms with van der Waals surface area (Å²) in [4.78, 5) is 20.3. The summed E-state index contributed by atoms with van der Waals surface area (Å²) in [6.07, 6.45) is 1.49. The summed E-state index contributed by atoms with van der Waals surface area (Å²) in [5.74, 6) is 1.47. The van der Waals surface area contributed by atoms with E-state index in [1.165, 1.54) is 13.3 Å². The molecule has 0 aliphatic carbocycles. The second-order valence-corrected chi connectivity index (χ2v) is 7.59. The van der Waals surface area contributed by atoms with Crippen LogP contribution in [0.3, 0.4) is 0 Å². The Kier molecular flexibility index (Phi) is 4.95. The lowest BCUT2D eigenvalue weighted by Crippen LogP contribution is -2.02. The van der Waals surface area contributed by atoms with Crippen molar-refractivity contribution in [2.24, 2.45) is 0 Å². The molecule has 2 aromatic carbocycles. The topological polar surface area (TPSA) is 88.2 Å². The number of hydrogen-bond donors (Lipinski definition) is 2. The van der Waals surface area contributed by atoms with Gasteiger partial charge in [-0.2, -0.15) is 0 Å². The molecule has 0 aliphatic heterocycles. The number of aromatic hydroxyl groups is 1. The fourth-order valence-corrected chi connectivity index (χ4v) is 3.63. The van der Waals surface area contributed by atoms with Crippen LogP contribution in [0.25, 0.3) is 22.2 Å². The van der Waals surface area contributed by atoms with E-state index >= 15 is 0 Å². The zero-order valence-corrected chi connectivity index (χ0v) is 17.8. The van der Waals surface area contributed by atoms with Crippen molar-refractivity contribution in [1.29, 1.82) is 0 Å². The third kappa shape index (κ3) is 3.29. The Bertz CT molecular complexity index is 1280. The van der Waals surface area contributed by atoms with E-state index in [1.54, 1.807) is 12.1 Å². The van der Waals surface area contributed by atoms with Gasteiger partial charge >= 0.3 is 0 Å². The molecule has 4 rings (SSSR count). The first-order chi connectivity index (χ1) is 14.3. The molecular formula is C23H20ClN3O3. The van der Waals surface area contributed by atoms with Crippen molar-refractivity contribution in [3.05, 3.63) is 64.1 Å². The molecule has 2 aromatic heterocycles. The number of ketones is 1. The maximum absolute atomic E-state index is 11.6. The molecule has 0 saturated carbocycles. The number of fused-ring (bicyclic) bond motifs is 1. The number of carbonyl (C=O) groups excluding carboxylic acids is 1. The molecule has 2 heterocycles. The zero-order chi connectivity index (χ0) is 21.6. The van der Waals surface area contributed by atoms with Crippen molar-refractivity contribution in [2.45, 2.75) is 27.7 Å². The maximum atomic E-state index is 11.6. The molecule has 0 unspecified atom stereocenters. The van der Waals surface area contributed by atoms with Crippen molar-refractivity contribution >= 4 is 39.8 Å². The first-order valence-corrected chi connectivity index (χ1v) is 9.77. The monoisotopic (exact) mass is 421 g/mol. The Labute approximate surface area is 178 Å². The third-order valence-electron chi connectivity index (χ3n) is 5.32. The average Bonchev–Trinajstić information content (AvgIpc) is 3.24. The van der Waals surface area contributed by atoms with Crippen LogP contribution in [0, 0.1) is 20.8 Å². The first-order valence-electron chi connectivity index (χ1n) is 9.39. The fourth-order valence-electron chi connectivity index (χ4n) is 3.40. The number of phenolic OH excluding ortho intramolecular Hbond substituents is 1. The molecule has 0 spiro atoms. The second kappa shape index (κ2) is 7.46. The molecule has 0 atom stereocenters. The quantitative estimate of drug-likeness (QED) is 0.305. The van der Waals surface area contributed by atoms with Crippen LogP contribution in [0.15, 0.2) is 41.1 Å². The molecule has 0 saturated heterocycles. The highest BCUT2D eigenvalue weighted by molar-refractivity contribution is 6.33. The summed E-state index contributed by atoms with van der Waals surface area (Å²) in [5.41, 5.74) is 4.68. The molecule has 30 heavy (non-hydrogen) atoms. The van der Waals surface area contributed by atoms with Crippen molar-refractivity contribution in [1.82, 2.24) is 9.97 Å². The minimum atomic E-state index is -0.127. The SMILES string of the molecule is CC(=O)c1ccc(-c2ccc3ncnc(Nc4c(C)c(C)c(O)c(Cl)c4C)c3c2)o1. The van der Waals surface area contributed by atoms with Crippen LogP contribution in [0.4, 0.5) is 11.5 Å². The largest absolute Gasteiger partial charge is 0.506 e. The van der Waals surface area contributed by atoms with Gasteiger partial charge in [-0.3, -0.25) is 4.79 Å². The van der Waals surface area contributed by atoms with Gasteiger partial charge in [0.15, 0.2) is 11.5 Å². The molecule has 6 nitrogen and oxygen atoms in total. The Balaban J connectivity index is 1.83. The lowest BCUT2D eigenvalue weighted by Gasteiger charge is -2.18. The number of hydrogen-bond acceptors (Lipinski definition) is 6. The summed E-state index contributed by atoms with van der Waals surface area (Å²) in [5, 5.41) is 14.7. The Morgan fingerprint density at radius 3 is 2.53 bits per heavy atom. The molecule has 0 fully saturated rings. The number of phenols is 1. The number of rotatable bonds is 4. The van der Waals surface area contributed by atoms with Crippen molar-refractivity contribution in [3.8, 4) is 17.1 Å². The number of carbonyl (C=O) groups is 1. The van der Waals surface area contributed by atoms with E-state index < -0.39 is 0 Å². The molecule has 7 heteroatoms. The van der Waals surface area contributed by atoms with Gasteiger partial charge in [0.25, 0.3) is 0 Å². The molecule has 2 N–H and O–H groups in total. The summed E-state index contributed by atoms with van der Waals surface area (Å²) in [7, 11) is 0. The number of nitrogens with zero attached hydrogens (tertiary/aromatic N) is 2. The van der Waals surface area contributed by atoms with E-state index in [0.29, 0.717) is 27.9 Å². The highest BCUT2D eigenvalue weighted by atomic mass is 35.5. The van der Waals surface area contributed by atoms with Crippen LogP contribution < -0.4 is 5.32 Å². The smallest absolute Gasteiger partial charge is 0.194 e. The van der Waals surface area contributed by atoms with Gasteiger partial charge in [0.2, 0.25) is 0 Å². The van der Waals surface area contributed by atoms with Gasteiger partial charge in [-0.25, -0.2) is 9.97 Å². The van der Waals surface area contributed by atoms with Crippen LogP contribution in [0.2, 0.25) is 5.02 Å². The first kappa shape index (κ1) is 19.9. The molecular weight excluding hydrogens is 402 g/mol. The molecule has 4 aromatic rings. The fraction of sp³-hybridized carbons (Fsp3) is 0.174. The van der Waals surface area contributed by atoms with E-state index in [4.69, 9.17) is 16.0 Å². The molecule has 0 aliphatic rings. The van der Waals surface area contributed by atoms with Crippen molar-refractivity contribution < 1.29 is 14.3 Å². The van der Waals surface area contributed by atoms with Crippen molar-refractivity contribution in [2.75, 3.05) is 5.32 Å². The van der Waals surface area contributed by atoms with Crippen molar-refractivity contribution in [3.63, 3.8) is 0 Å². The van der Waals surface area contributed by atoms with E-state index in [9.17, 15) is 9.90 Å². The predicted octanol–water partition coefficient (Wildman–Crippen LogP) is 6.12. The maximum Gasteiger partial charge on any atom is 0.194 e. The number of nitrogens with one attached hydrogen (secondary N) is 1. The van der Waals surface area contributed by atoms with Crippen LogP contribution in [-0.4, -0.2) is 20.9 Å². The Morgan fingerprint density at radius 1 is 1.07 bits per heavy atom. The predicted molar refractivity (Wildman–Crippen MR) is 118 cm³/mol. The van der Waals surface area contributed by atoms with E-state index in [0.717, 1.165) is 33.3 Å². The van der Waals surface area contributed by atoms with Crippen LogP contribution in [0.5, 0.6) is 5.75 Å². The second-order valence-electron chi connectivity index (χ2n) is 7.21. The molecule has 0 bridgehead atoms. The van der Waals surface area contributed by atoms with Gasteiger partial charge in [-0.1, -0.05) is 11.6 Å². The average molecular weight is 422 g/mol. The van der Waals surface area contributed by atoms with Gasteiger partial charge in [0.1, 0.15) is 23.7 Å². The van der Waals surface area contributed by atoms with E-state index in [-0.39, 0.29) is 11.5 Å². The summed E-state index contributed by atoms with van der Waals surface area (Å²) in [6, 6.07) is 9.12. The van der Waals surface area contributed by atoms with Gasteiger partial charge in [0, 0.05) is 23.6 Å².